The monoisotopic (exact) mass is 295 g/mol. The van der Waals surface area contributed by atoms with Crippen molar-refractivity contribution in [2.24, 2.45) is 0 Å². The average Bonchev–Trinajstić information content (AvgIpc) is 2.06. The van der Waals surface area contributed by atoms with Crippen LogP contribution >= 0.6 is 26.6 Å². The van der Waals surface area contributed by atoms with Crippen molar-refractivity contribution in [3.05, 3.63) is 22.2 Å². The first-order valence-corrected chi connectivity index (χ1v) is 6.33. The van der Waals surface area contributed by atoms with Crippen molar-refractivity contribution in [1.29, 1.82) is 5.26 Å². The van der Waals surface area contributed by atoms with E-state index in [1.54, 1.807) is 6.07 Å². The van der Waals surface area contributed by atoms with E-state index in [1.165, 1.54) is 6.07 Å². The van der Waals surface area contributed by atoms with Crippen LogP contribution in [0.5, 0.6) is 5.75 Å². The number of hydrogen-bond donors (Lipinski definition) is 1. The predicted molar refractivity (Wildman–Crippen MR) is 53.6 cm³/mol. The fourth-order valence-corrected chi connectivity index (χ4v) is 2.42. The van der Waals surface area contributed by atoms with Crippen LogP contribution in [0.2, 0.25) is 0 Å². The molecule has 4 nitrogen and oxygen atoms in total. The Bertz CT molecular complexity index is 520. The largest absolute Gasteiger partial charge is 0.505 e. The molecule has 7 heteroatoms. The zero-order valence-electron chi connectivity index (χ0n) is 6.53. The van der Waals surface area contributed by atoms with Gasteiger partial charge in [-0.3, -0.25) is 0 Å². The standard InChI is InChI=1S/C7H3BrClNO3S/c8-5-1-4(3-10)7(11)6(2-5)14(9,12)13/h1-2,11H. The van der Waals surface area contributed by atoms with E-state index in [4.69, 9.17) is 15.9 Å². The Labute approximate surface area is 93.3 Å². The van der Waals surface area contributed by atoms with E-state index in [1.807, 2.05) is 0 Å². The maximum Gasteiger partial charge on any atom is 0.265 e. The van der Waals surface area contributed by atoms with E-state index in [2.05, 4.69) is 15.9 Å². The first kappa shape index (κ1) is 11.3. The van der Waals surface area contributed by atoms with Crippen LogP contribution in [0.3, 0.4) is 0 Å². The normalized spacial score (nSPS) is 10.9. The predicted octanol–water partition coefficient (Wildman–Crippen LogP) is 1.95. The number of nitriles is 1. The second kappa shape index (κ2) is 3.77. The van der Waals surface area contributed by atoms with Gasteiger partial charge in [0.15, 0.2) is 5.75 Å². The summed E-state index contributed by atoms with van der Waals surface area (Å²) in [7, 11) is 0.999. The zero-order chi connectivity index (χ0) is 10.9. The van der Waals surface area contributed by atoms with Gasteiger partial charge in [0, 0.05) is 15.2 Å². The second-order valence-corrected chi connectivity index (χ2v) is 5.80. The number of hydrogen-bond acceptors (Lipinski definition) is 4. The quantitative estimate of drug-likeness (QED) is 0.804. The minimum absolute atomic E-state index is 0.154. The smallest absolute Gasteiger partial charge is 0.265 e. The van der Waals surface area contributed by atoms with Crippen molar-refractivity contribution in [2.75, 3.05) is 0 Å². The molecule has 1 aromatic carbocycles. The van der Waals surface area contributed by atoms with Crippen LogP contribution in [-0.2, 0) is 9.05 Å². The van der Waals surface area contributed by atoms with Gasteiger partial charge >= 0.3 is 0 Å². The summed E-state index contributed by atoms with van der Waals surface area (Å²) in [5.41, 5.74) is -0.154. The fraction of sp³-hybridized carbons (Fsp3) is 0. The lowest BCUT2D eigenvalue weighted by Gasteiger charge is -2.02. The highest BCUT2D eigenvalue weighted by Gasteiger charge is 2.19. The molecule has 0 unspecified atom stereocenters. The SMILES string of the molecule is N#Cc1cc(Br)cc(S(=O)(=O)Cl)c1O. The molecule has 74 valence electrons. The minimum atomic E-state index is -4.05. The van der Waals surface area contributed by atoms with Crippen LogP contribution in [0, 0.1) is 11.3 Å². The summed E-state index contributed by atoms with van der Waals surface area (Å²) in [6.07, 6.45) is 0. The van der Waals surface area contributed by atoms with E-state index in [0.717, 1.165) is 6.07 Å². The van der Waals surface area contributed by atoms with Gasteiger partial charge in [-0.15, -0.1) is 0 Å². The lowest BCUT2D eigenvalue weighted by Crippen LogP contribution is -1.93. The van der Waals surface area contributed by atoms with E-state index in [0.29, 0.717) is 4.47 Å². The average molecular weight is 297 g/mol. The van der Waals surface area contributed by atoms with Gasteiger partial charge in [-0.25, -0.2) is 8.42 Å². The van der Waals surface area contributed by atoms with Gasteiger partial charge in [0.2, 0.25) is 0 Å². The molecule has 1 N–H and O–H groups in total. The number of nitrogens with zero attached hydrogens (tertiary/aromatic N) is 1. The Hall–Kier alpha value is -0.770. The van der Waals surface area contributed by atoms with Crippen molar-refractivity contribution in [2.45, 2.75) is 4.90 Å². The number of phenols is 1. The summed E-state index contributed by atoms with van der Waals surface area (Å²) in [6.45, 7) is 0. The Morgan fingerprint density at radius 3 is 2.50 bits per heavy atom. The Kier molecular flexibility index (Phi) is 3.04. The summed E-state index contributed by atoms with van der Waals surface area (Å²) in [6, 6.07) is 4.06. The van der Waals surface area contributed by atoms with Crippen LogP contribution in [-0.4, -0.2) is 13.5 Å². The van der Waals surface area contributed by atoms with Crippen molar-refractivity contribution in [3.8, 4) is 11.8 Å². The van der Waals surface area contributed by atoms with Gasteiger partial charge < -0.3 is 5.11 Å². The lowest BCUT2D eigenvalue weighted by molar-refractivity contribution is 0.457. The number of phenolic OH excluding ortho intramolecular Hbond substituents is 1. The second-order valence-electron chi connectivity index (χ2n) is 2.35. The number of aromatic hydroxyl groups is 1. The van der Waals surface area contributed by atoms with E-state index < -0.39 is 19.7 Å². The first-order valence-electron chi connectivity index (χ1n) is 3.23. The summed E-state index contributed by atoms with van der Waals surface area (Å²) >= 11 is 3.00. The molecule has 0 amide bonds. The van der Waals surface area contributed by atoms with Crippen molar-refractivity contribution >= 4 is 35.7 Å². The summed E-state index contributed by atoms with van der Waals surface area (Å²) < 4.78 is 22.3. The van der Waals surface area contributed by atoms with Crippen molar-refractivity contribution < 1.29 is 13.5 Å². The third-order valence-electron chi connectivity index (χ3n) is 1.42. The molecule has 14 heavy (non-hydrogen) atoms. The van der Waals surface area contributed by atoms with Crippen LogP contribution in [0.15, 0.2) is 21.5 Å². The molecular weight excluding hydrogens is 294 g/mol. The molecule has 1 rings (SSSR count). The van der Waals surface area contributed by atoms with Crippen molar-refractivity contribution in [3.63, 3.8) is 0 Å². The van der Waals surface area contributed by atoms with Gasteiger partial charge in [-0.1, -0.05) is 15.9 Å². The molecule has 0 saturated carbocycles. The molecule has 0 atom stereocenters. The van der Waals surface area contributed by atoms with Gasteiger partial charge in [0.05, 0.1) is 5.56 Å². The third-order valence-corrected chi connectivity index (χ3v) is 3.22. The van der Waals surface area contributed by atoms with E-state index in [9.17, 15) is 13.5 Å². The van der Waals surface area contributed by atoms with Gasteiger partial charge in [0.25, 0.3) is 9.05 Å². The van der Waals surface area contributed by atoms with Crippen LogP contribution in [0.4, 0.5) is 0 Å². The molecule has 0 bridgehead atoms. The first-order chi connectivity index (χ1) is 6.36. The van der Waals surface area contributed by atoms with Crippen LogP contribution in [0.25, 0.3) is 0 Å². The number of halogens is 2. The molecule has 0 fully saturated rings. The maximum atomic E-state index is 10.9. The third kappa shape index (κ3) is 2.18. The molecule has 0 aliphatic heterocycles. The van der Waals surface area contributed by atoms with Crippen LogP contribution < -0.4 is 0 Å². The molecule has 0 radical (unpaired) electrons. The molecule has 0 aliphatic carbocycles. The van der Waals surface area contributed by atoms with E-state index >= 15 is 0 Å². The summed E-state index contributed by atoms with van der Waals surface area (Å²) in [5.74, 6) is -0.634. The molecule has 0 saturated heterocycles. The molecule has 0 heterocycles. The highest BCUT2D eigenvalue weighted by Crippen LogP contribution is 2.32. The number of rotatable bonds is 1. The highest BCUT2D eigenvalue weighted by atomic mass is 79.9. The molecule has 0 aliphatic rings. The van der Waals surface area contributed by atoms with E-state index in [-0.39, 0.29) is 5.56 Å². The number of benzene rings is 1. The lowest BCUT2D eigenvalue weighted by atomic mass is 10.2. The minimum Gasteiger partial charge on any atom is -0.505 e. The Morgan fingerprint density at radius 2 is 2.07 bits per heavy atom. The molecule has 1 aromatic rings. The highest BCUT2D eigenvalue weighted by molar-refractivity contribution is 9.10. The van der Waals surface area contributed by atoms with Gasteiger partial charge in [-0.2, -0.15) is 5.26 Å². The van der Waals surface area contributed by atoms with Gasteiger partial charge in [0.1, 0.15) is 11.0 Å². The Balaban J connectivity index is 3.64. The summed E-state index contributed by atoms with van der Waals surface area (Å²) in [4.78, 5) is -0.481. The summed E-state index contributed by atoms with van der Waals surface area (Å²) in [5, 5.41) is 17.9. The van der Waals surface area contributed by atoms with Crippen LogP contribution in [0.1, 0.15) is 5.56 Å². The fourth-order valence-electron chi connectivity index (χ4n) is 0.845. The maximum absolute atomic E-state index is 10.9. The Morgan fingerprint density at radius 1 is 1.50 bits per heavy atom. The topological polar surface area (TPSA) is 78.2 Å². The zero-order valence-corrected chi connectivity index (χ0v) is 9.69. The van der Waals surface area contributed by atoms with Crippen molar-refractivity contribution in [1.82, 2.24) is 0 Å². The molecule has 0 aromatic heterocycles. The molecule has 0 spiro atoms. The molecular formula is C7H3BrClNO3S. The van der Waals surface area contributed by atoms with Gasteiger partial charge in [-0.05, 0) is 12.1 Å².